The van der Waals surface area contributed by atoms with Crippen molar-refractivity contribution in [3.8, 4) is 0 Å². The van der Waals surface area contributed by atoms with E-state index >= 15 is 8.39 Å². The van der Waals surface area contributed by atoms with Crippen LogP contribution in [0.15, 0.2) is 0 Å². The molecule has 0 aliphatic carbocycles. The first-order chi connectivity index (χ1) is 12.7. The van der Waals surface area contributed by atoms with E-state index in [4.69, 9.17) is 0 Å². The summed E-state index contributed by atoms with van der Waals surface area (Å²) in [6.45, 7) is 0.837. The Morgan fingerprint density at radius 3 is 0.929 bits per heavy atom. The van der Waals surface area contributed by atoms with Gasteiger partial charge in [-0.1, -0.05) is 0 Å². The van der Waals surface area contributed by atoms with E-state index in [1.807, 2.05) is 0 Å². The summed E-state index contributed by atoms with van der Waals surface area (Å²) in [4.78, 5) is 0. The summed E-state index contributed by atoms with van der Waals surface area (Å²) in [5.41, 5.74) is 0. The number of hydrogen-bond acceptors (Lipinski definition) is 1. The minimum atomic E-state index is -8.24. The van der Waals surface area contributed by atoms with Crippen LogP contribution in [0.25, 0.3) is 0 Å². The maximum atomic E-state index is 15.5. The summed E-state index contributed by atoms with van der Waals surface area (Å²) in [5.74, 6) is -30.8. The fourth-order valence-electron chi connectivity index (χ4n) is 2.31. The van der Waals surface area contributed by atoms with Crippen LogP contribution in [0.3, 0.4) is 0 Å². The zero-order valence-corrected chi connectivity index (χ0v) is 14.8. The average molecular weight is 464 g/mol. The third-order valence-electron chi connectivity index (χ3n) is 3.47. The second kappa shape index (κ2) is 7.01. The van der Waals surface area contributed by atoms with Crippen LogP contribution in [0, 0.1) is 58.2 Å². The second-order valence-corrected chi connectivity index (χ2v) is 11.2. The summed E-state index contributed by atoms with van der Waals surface area (Å²) in [6.07, 6.45) is -8.24. The van der Waals surface area contributed by atoms with Gasteiger partial charge in [-0.2, -0.15) is 0 Å². The molecule has 0 nitrogen and oxygen atoms in total. The zero-order valence-electron chi connectivity index (χ0n) is 13.1. The molecule has 0 aliphatic rings. The van der Waals surface area contributed by atoms with Crippen LogP contribution in [0.2, 0.25) is 0 Å². The third-order valence-corrected chi connectivity index (χ3v) is 9.69. The Morgan fingerprint density at radius 1 is 0.500 bits per heavy atom. The molecule has 0 N–H and O–H groups in total. The van der Waals surface area contributed by atoms with Crippen molar-refractivity contribution < 1.29 is 52.3 Å². The topological polar surface area (TPSA) is 0 Å². The van der Waals surface area contributed by atoms with Crippen LogP contribution >= 0.6 is 17.8 Å². The monoisotopic (exact) mass is 464 g/mol. The SMILES string of the molecule is CCSP(F)(F)(c1c(F)c(F)c(F)c(F)c1F)c1c(F)c(F)c(F)c(F)c1F. The van der Waals surface area contributed by atoms with Crippen LogP contribution in [0.1, 0.15) is 6.92 Å². The molecule has 0 unspecified atom stereocenters. The van der Waals surface area contributed by atoms with E-state index in [-0.39, 0.29) is 0 Å². The molecule has 156 valence electrons. The van der Waals surface area contributed by atoms with Crippen LogP contribution in [-0.2, 0) is 0 Å². The van der Waals surface area contributed by atoms with Crippen LogP contribution in [0.4, 0.5) is 52.3 Å². The van der Waals surface area contributed by atoms with Crippen molar-refractivity contribution in [2.24, 2.45) is 0 Å². The predicted octanol–water partition coefficient (Wildman–Crippen LogP) is 6.02. The van der Waals surface area contributed by atoms with Crippen molar-refractivity contribution in [2.75, 3.05) is 5.75 Å². The molecule has 0 fully saturated rings. The van der Waals surface area contributed by atoms with Gasteiger partial charge in [0.05, 0.1) is 0 Å². The molecule has 0 heterocycles. The fraction of sp³-hybridized carbons (Fsp3) is 0.143. The van der Waals surface area contributed by atoms with Gasteiger partial charge < -0.3 is 0 Å². The Hall–Kier alpha value is -1.62. The van der Waals surface area contributed by atoms with Crippen molar-refractivity contribution in [2.45, 2.75) is 6.92 Å². The molecule has 0 radical (unpaired) electrons. The molecule has 0 aliphatic heterocycles. The minimum absolute atomic E-state index is 0.837. The Kier molecular flexibility index (Phi) is 5.68. The predicted molar refractivity (Wildman–Crippen MR) is 79.0 cm³/mol. The van der Waals surface area contributed by atoms with E-state index < -0.39 is 92.3 Å². The Labute approximate surface area is 152 Å². The molecule has 2 aromatic carbocycles. The van der Waals surface area contributed by atoms with Gasteiger partial charge in [-0.3, -0.25) is 0 Å². The molecular weight excluding hydrogens is 459 g/mol. The average Bonchev–Trinajstić information content (AvgIpc) is 2.61. The van der Waals surface area contributed by atoms with Gasteiger partial charge in [-0.05, 0) is 0 Å². The van der Waals surface area contributed by atoms with E-state index in [9.17, 15) is 43.9 Å². The number of halogens is 12. The first-order valence-electron chi connectivity index (χ1n) is 6.85. The molecule has 28 heavy (non-hydrogen) atoms. The Bertz CT molecular complexity index is 858. The fourth-order valence-corrected chi connectivity index (χ4v) is 8.04. The first kappa shape index (κ1) is 22.7. The van der Waals surface area contributed by atoms with Gasteiger partial charge in [0.25, 0.3) is 0 Å². The summed E-state index contributed by atoms with van der Waals surface area (Å²) in [6, 6.07) is 0. The van der Waals surface area contributed by atoms with Gasteiger partial charge in [-0.25, -0.2) is 0 Å². The molecule has 0 atom stereocenters. The van der Waals surface area contributed by atoms with E-state index in [1.165, 1.54) is 0 Å². The number of rotatable bonds is 4. The van der Waals surface area contributed by atoms with Crippen molar-refractivity contribution in [1.82, 2.24) is 0 Å². The molecule has 0 amide bonds. The molecule has 0 aromatic heterocycles. The zero-order chi connectivity index (χ0) is 21.8. The van der Waals surface area contributed by atoms with Crippen LogP contribution in [0.5, 0.6) is 0 Å². The van der Waals surface area contributed by atoms with Crippen molar-refractivity contribution >= 4 is 28.4 Å². The van der Waals surface area contributed by atoms with Gasteiger partial charge in [-0.15, -0.1) is 0 Å². The molecule has 0 saturated carbocycles. The summed E-state index contributed by atoms with van der Waals surface area (Å²) < 4.78 is 167. The van der Waals surface area contributed by atoms with Crippen molar-refractivity contribution in [3.63, 3.8) is 0 Å². The molecule has 14 heteroatoms. The molecule has 0 bridgehead atoms. The van der Waals surface area contributed by atoms with Crippen molar-refractivity contribution in [3.05, 3.63) is 58.2 Å². The molecule has 2 rings (SSSR count). The van der Waals surface area contributed by atoms with Crippen LogP contribution < -0.4 is 10.6 Å². The van der Waals surface area contributed by atoms with Crippen molar-refractivity contribution in [1.29, 1.82) is 0 Å². The third kappa shape index (κ3) is 2.94. The van der Waals surface area contributed by atoms with Gasteiger partial charge in [0.1, 0.15) is 0 Å². The number of benzene rings is 2. The van der Waals surface area contributed by atoms with E-state index in [1.54, 1.807) is 0 Å². The van der Waals surface area contributed by atoms with E-state index in [0.717, 1.165) is 6.92 Å². The Balaban J connectivity index is 3.18. The van der Waals surface area contributed by atoms with Gasteiger partial charge in [0, 0.05) is 0 Å². The number of hydrogen-bond donors (Lipinski definition) is 0. The standard InChI is InChI=1S/C14H5F12PS/c1-2-28-27(25,26,13-9(21)5(17)3(15)6(18)10(13)22)14-11(23)7(19)4(16)8(20)12(14)24/h2H2,1H3. The second-order valence-electron chi connectivity index (χ2n) is 5.09. The summed E-state index contributed by atoms with van der Waals surface area (Å²) in [5, 5.41) is -5.89. The molecule has 2 aromatic rings. The van der Waals surface area contributed by atoms with Gasteiger partial charge in [0.15, 0.2) is 0 Å². The summed E-state index contributed by atoms with van der Waals surface area (Å²) in [7, 11) is 0. The molecular formula is C14H5F12PS. The normalized spacial score (nSPS) is 13.5. The van der Waals surface area contributed by atoms with Gasteiger partial charge in [0.2, 0.25) is 0 Å². The quantitative estimate of drug-likeness (QED) is 0.231. The van der Waals surface area contributed by atoms with Gasteiger partial charge >= 0.3 is 152 Å². The summed E-state index contributed by atoms with van der Waals surface area (Å²) >= 11 is -0.984. The van der Waals surface area contributed by atoms with Crippen LogP contribution in [-0.4, -0.2) is 5.75 Å². The first-order valence-corrected chi connectivity index (χ1v) is 10.5. The molecule has 0 saturated heterocycles. The maximum absolute atomic E-state index is 15.5. The van der Waals surface area contributed by atoms with E-state index in [0.29, 0.717) is 0 Å². The molecule has 0 spiro atoms. The van der Waals surface area contributed by atoms with E-state index in [2.05, 4.69) is 0 Å². The Morgan fingerprint density at radius 2 is 0.714 bits per heavy atom.